The lowest BCUT2D eigenvalue weighted by Gasteiger charge is -2.28. The van der Waals surface area contributed by atoms with Crippen molar-refractivity contribution in [3.8, 4) is 0 Å². The van der Waals surface area contributed by atoms with Gasteiger partial charge in [-0.15, -0.1) is 0 Å². The van der Waals surface area contributed by atoms with Gasteiger partial charge in [0.2, 0.25) is 0 Å². The number of aromatic nitrogens is 1. The molecule has 1 heterocycles. The molecular weight excluding hydrogens is 444 g/mol. The Labute approximate surface area is 185 Å². The van der Waals surface area contributed by atoms with Gasteiger partial charge in [-0.1, -0.05) is 46.8 Å². The molecule has 1 amide bonds. The molecule has 0 saturated carbocycles. The molecule has 2 N–H and O–H groups in total. The minimum Gasteiger partial charge on any atom is -0.335 e. The van der Waals surface area contributed by atoms with Gasteiger partial charge in [0.05, 0.1) is 11.5 Å². The Bertz CT molecular complexity index is 976. The fourth-order valence-electron chi connectivity index (χ4n) is 2.68. The van der Waals surface area contributed by atoms with Gasteiger partial charge in [0.15, 0.2) is 0 Å². The molecular formula is C20H32N2O7S2. The van der Waals surface area contributed by atoms with Crippen LogP contribution in [0.15, 0.2) is 30.5 Å². The lowest BCUT2D eigenvalue weighted by Crippen LogP contribution is -2.39. The highest BCUT2D eigenvalue weighted by Gasteiger charge is 2.26. The normalized spacial score (nSPS) is 15.1. The molecule has 1 aromatic heterocycles. The summed E-state index contributed by atoms with van der Waals surface area (Å²) < 4.78 is 62.4. The van der Waals surface area contributed by atoms with Gasteiger partial charge >= 0.3 is 0 Å². The highest BCUT2D eigenvalue weighted by Crippen LogP contribution is 2.31. The summed E-state index contributed by atoms with van der Waals surface area (Å²) in [5.74, 6) is -2.25. The average Bonchev–Trinajstić information content (AvgIpc) is 2.63. The highest BCUT2D eigenvalue weighted by atomic mass is 32.2. The number of rotatable bonds is 10. The van der Waals surface area contributed by atoms with E-state index in [1.807, 2.05) is 13.8 Å². The molecule has 0 aliphatic carbocycles. The SMILES string of the molecule is CCC(C)(/C=C/C(C)(C)C)c1ccnc(C(=O)N(CCS(=O)(=O)O)CCS(=O)(=O)O)c1. The topological polar surface area (TPSA) is 142 Å². The van der Waals surface area contributed by atoms with Gasteiger partial charge in [0.25, 0.3) is 26.1 Å². The summed E-state index contributed by atoms with van der Waals surface area (Å²) in [6.07, 6.45) is 6.37. The van der Waals surface area contributed by atoms with E-state index in [0.29, 0.717) is 0 Å². The van der Waals surface area contributed by atoms with Crippen LogP contribution in [0.25, 0.3) is 0 Å². The van der Waals surface area contributed by atoms with Gasteiger partial charge in [-0.2, -0.15) is 16.8 Å². The molecule has 1 atom stereocenters. The molecule has 0 aliphatic heterocycles. The molecule has 0 fully saturated rings. The van der Waals surface area contributed by atoms with Crippen LogP contribution in [0.5, 0.6) is 0 Å². The van der Waals surface area contributed by atoms with Crippen molar-refractivity contribution < 1.29 is 30.7 Å². The molecule has 0 aromatic carbocycles. The molecule has 0 saturated heterocycles. The quantitative estimate of drug-likeness (QED) is 0.387. The van der Waals surface area contributed by atoms with Crippen molar-refractivity contribution in [2.75, 3.05) is 24.6 Å². The first kappa shape index (κ1) is 27.2. The van der Waals surface area contributed by atoms with Crippen LogP contribution < -0.4 is 0 Å². The maximum absolute atomic E-state index is 13.0. The lowest BCUT2D eigenvalue weighted by molar-refractivity contribution is 0.0768. The van der Waals surface area contributed by atoms with Gasteiger partial charge in [-0.3, -0.25) is 18.9 Å². The predicted octanol–water partition coefficient (Wildman–Crippen LogP) is 2.57. The number of nitrogens with zero attached hydrogens (tertiary/aromatic N) is 2. The molecule has 0 aliphatic rings. The van der Waals surface area contributed by atoms with E-state index in [0.717, 1.165) is 16.9 Å². The zero-order valence-electron chi connectivity index (χ0n) is 18.6. The van der Waals surface area contributed by atoms with Crippen LogP contribution in [0.1, 0.15) is 57.1 Å². The standard InChI is InChI=1S/C20H32N2O7S2/c1-6-20(5,9-8-19(2,3)4)16-7-10-21-17(15-16)18(23)22(11-13-30(24,25)26)12-14-31(27,28)29/h7-10,15H,6,11-14H2,1-5H3,(H,24,25,26)(H,27,28,29)/b9-8+. The van der Waals surface area contributed by atoms with Crippen molar-refractivity contribution in [3.63, 3.8) is 0 Å². The molecule has 1 rings (SSSR count). The monoisotopic (exact) mass is 476 g/mol. The van der Waals surface area contributed by atoms with Gasteiger partial charge in [-0.25, -0.2) is 0 Å². The Morgan fingerprint density at radius 3 is 1.97 bits per heavy atom. The Morgan fingerprint density at radius 2 is 1.55 bits per heavy atom. The van der Waals surface area contributed by atoms with Crippen LogP contribution in [-0.2, 0) is 25.7 Å². The van der Waals surface area contributed by atoms with E-state index in [-0.39, 0.29) is 16.5 Å². The van der Waals surface area contributed by atoms with Gasteiger partial charge in [0.1, 0.15) is 5.69 Å². The molecule has 1 unspecified atom stereocenters. The number of carbonyl (C=O) groups excluding carboxylic acids is 1. The number of allylic oxidation sites excluding steroid dienone is 2. The molecule has 0 spiro atoms. The lowest BCUT2D eigenvalue weighted by atomic mass is 9.78. The average molecular weight is 477 g/mol. The van der Waals surface area contributed by atoms with Crippen molar-refractivity contribution in [1.82, 2.24) is 9.88 Å². The Morgan fingerprint density at radius 1 is 1.03 bits per heavy atom. The Hall–Kier alpha value is -1.82. The summed E-state index contributed by atoms with van der Waals surface area (Å²) in [4.78, 5) is 18.0. The van der Waals surface area contributed by atoms with E-state index in [9.17, 15) is 21.6 Å². The molecule has 0 radical (unpaired) electrons. The largest absolute Gasteiger partial charge is 0.335 e. The maximum Gasteiger partial charge on any atom is 0.272 e. The Balaban J connectivity index is 3.27. The second kappa shape index (κ2) is 10.2. The third-order valence-corrected chi connectivity index (χ3v) is 6.25. The van der Waals surface area contributed by atoms with Crippen molar-refractivity contribution in [1.29, 1.82) is 0 Å². The van der Waals surface area contributed by atoms with Crippen molar-refractivity contribution >= 4 is 26.1 Å². The number of hydrogen-bond acceptors (Lipinski definition) is 6. The molecule has 31 heavy (non-hydrogen) atoms. The summed E-state index contributed by atoms with van der Waals surface area (Å²) >= 11 is 0. The first-order valence-corrected chi connectivity index (χ1v) is 13.0. The molecule has 176 valence electrons. The van der Waals surface area contributed by atoms with Crippen LogP contribution in [-0.4, -0.2) is 66.3 Å². The van der Waals surface area contributed by atoms with E-state index in [1.54, 1.807) is 12.1 Å². The van der Waals surface area contributed by atoms with E-state index in [1.165, 1.54) is 6.20 Å². The molecule has 9 nitrogen and oxygen atoms in total. The highest BCUT2D eigenvalue weighted by molar-refractivity contribution is 7.86. The van der Waals surface area contributed by atoms with Crippen LogP contribution in [0, 0.1) is 5.41 Å². The van der Waals surface area contributed by atoms with Crippen LogP contribution >= 0.6 is 0 Å². The zero-order chi connectivity index (χ0) is 24.1. The van der Waals surface area contributed by atoms with E-state index in [4.69, 9.17) is 9.11 Å². The second-order valence-electron chi connectivity index (χ2n) is 8.76. The summed E-state index contributed by atoms with van der Waals surface area (Å²) in [7, 11) is -8.76. The van der Waals surface area contributed by atoms with Crippen LogP contribution in [0.4, 0.5) is 0 Å². The van der Waals surface area contributed by atoms with E-state index in [2.05, 4.69) is 37.9 Å². The number of pyridine rings is 1. The minimum atomic E-state index is -4.38. The predicted molar refractivity (Wildman–Crippen MR) is 119 cm³/mol. The first-order chi connectivity index (χ1) is 14.0. The fraction of sp³-hybridized carbons (Fsp3) is 0.600. The van der Waals surface area contributed by atoms with Gasteiger partial charge in [0, 0.05) is 24.7 Å². The second-order valence-corrected chi connectivity index (χ2v) is 11.9. The minimum absolute atomic E-state index is 0.00649. The summed E-state index contributed by atoms with van der Waals surface area (Å²) in [5, 5.41) is 0. The Kier molecular flexibility index (Phi) is 8.95. The van der Waals surface area contributed by atoms with E-state index < -0.39 is 50.7 Å². The zero-order valence-corrected chi connectivity index (χ0v) is 20.2. The summed E-state index contributed by atoms with van der Waals surface area (Å²) in [6.45, 7) is 9.35. The van der Waals surface area contributed by atoms with Crippen molar-refractivity contribution in [2.24, 2.45) is 5.41 Å². The summed E-state index contributed by atoms with van der Waals surface area (Å²) in [6, 6.07) is 3.38. The smallest absolute Gasteiger partial charge is 0.272 e. The number of amides is 1. The van der Waals surface area contributed by atoms with Crippen molar-refractivity contribution in [3.05, 3.63) is 41.7 Å². The third kappa shape index (κ3) is 9.90. The molecule has 0 bridgehead atoms. The number of carbonyl (C=O) groups is 1. The molecule has 1 aromatic rings. The van der Waals surface area contributed by atoms with E-state index >= 15 is 0 Å². The van der Waals surface area contributed by atoms with Crippen molar-refractivity contribution in [2.45, 2.75) is 46.5 Å². The summed E-state index contributed by atoms with van der Waals surface area (Å²) in [5.41, 5.74) is 0.397. The third-order valence-electron chi connectivity index (χ3n) is 4.85. The fourth-order valence-corrected chi connectivity index (χ4v) is 3.59. The van der Waals surface area contributed by atoms with Crippen LogP contribution in [0.2, 0.25) is 0 Å². The first-order valence-electron chi connectivity index (χ1n) is 9.82. The van der Waals surface area contributed by atoms with Gasteiger partial charge < -0.3 is 4.90 Å². The number of hydrogen-bond donors (Lipinski definition) is 2. The maximum atomic E-state index is 13.0. The molecule has 11 heteroatoms. The van der Waals surface area contributed by atoms with Gasteiger partial charge in [-0.05, 0) is 29.5 Å². The van der Waals surface area contributed by atoms with Crippen LogP contribution in [0.3, 0.4) is 0 Å².